The molecule has 1 amide bonds. The Balaban J connectivity index is 1.94. The van der Waals surface area contributed by atoms with Crippen molar-refractivity contribution in [2.75, 3.05) is 11.5 Å². The van der Waals surface area contributed by atoms with Crippen LogP contribution in [0.5, 0.6) is 5.75 Å². The van der Waals surface area contributed by atoms with Gasteiger partial charge in [-0.05, 0) is 37.1 Å². The molecule has 0 aliphatic carbocycles. The van der Waals surface area contributed by atoms with Crippen molar-refractivity contribution in [1.29, 1.82) is 0 Å². The van der Waals surface area contributed by atoms with Crippen LogP contribution in [-0.2, 0) is 9.84 Å². The van der Waals surface area contributed by atoms with Crippen LogP contribution in [0.2, 0.25) is 0 Å². The lowest BCUT2D eigenvalue weighted by Crippen LogP contribution is -2.40. The fourth-order valence-corrected chi connectivity index (χ4v) is 3.41. The Hall–Kier alpha value is -1.56. The number of aromatic hydroxyl groups is 1. The number of hydrogen-bond donors (Lipinski definition) is 2. The van der Waals surface area contributed by atoms with Gasteiger partial charge in [-0.25, -0.2) is 8.42 Å². The normalized spacial score (nSPS) is 19.3. The molecular formula is C12H15NO4S. The first-order valence-electron chi connectivity index (χ1n) is 5.76. The van der Waals surface area contributed by atoms with E-state index in [0.717, 1.165) is 0 Å². The molecule has 2 rings (SSSR count). The third-order valence-electron chi connectivity index (χ3n) is 3.02. The Labute approximate surface area is 106 Å². The van der Waals surface area contributed by atoms with E-state index in [-0.39, 0.29) is 29.2 Å². The maximum Gasteiger partial charge on any atom is 0.251 e. The van der Waals surface area contributed by atoms with Gasteiger partial charge in [0, 0.05) is 11.6 Å². The number of phenols is 1. The molecule has 6 heteroatoms. The van der Waals surface area contributed by atoms with Crippen LogP contribution >= 0.6 is 0 Å². The second-order valence-electron chi connectivity index (χ2n) is 4.45. The lowest BCUT2D eigenvalue weighted by atomic mass is 10.1. The van der Waals surface area contributed by atoms with E-state index in [9.17, 15) is 13.2 Å². The second kappa shape index (κ2) is 4.97. The van der Waals surface area contributed by atoms with Gasteiger partial charge in [-0.2, -0.15) is 0 Å². The van der Waals surface area contributed by atoms with Gasteiger partial charge >= 0.3 is 0 Å². The molecule has 0 atom stereocenters. The number of carbonyl (C=O) groups is 1. The third kappa shape index (κ3) is 3.22. The van der Waals surface area contributed by atoms with Crippen molar-refractivity contribution in [3.8, 4) is 5.75 Å². The summed E-state index contributed by atoms with van der Waals surface area (Å²) in [5, 5.41) is 11.9. The lowest BCUT2D eigenvalue weighted by molar-refractivity contribution is 0.0934. The summed E-state index contributed by atoms with van der Waals surface area (Å²) in [6, 6.07) is 5.87. The fraction of sp³-hybridized carbons (Fsp3) is 0.417. The molecule has 0 saturated carbocycles. The molecule has 1 aliphatic heterocycles. The van der Waals surface area contributed by atoms with Gasteiger partial charge in [0.05, 0.1) is 11.5 Å². The average molecular weight is 269 g/mol. The Kier molecular flexibility index (Phi) is 3.56. The summed E-state index contributed by atoms with van der Waals surface area (Å²) in [4.78, 5) is 11.8. The van der Waals surface area contributed by atoms with Crippen LogP contribution in [-0.4, -0.2) is 37.0 Å². The van der Waals surface area contributed by atoms with E-state index < -0.39 is 9.84 Å². The van der Waals surface area contributed by atoms with Crippen LogP contribution in [0, 0.1) is 0 Å². The minimum Gasteiger partial charge on any atom is -0.508 e. The molecule has 1 fully saturated rings. The van der Waals surface area contributed by atoms with E-state index >= 15 is 0 Å². The number of benzene rings is 1. The van der Waals surface area contributed by atoms with Crippen LogP contribution in [0.15, 0.2) is 24.3 Å². The van der Waals surface area contributed by atoms with Gasteiger partial charge < -0.3 is 10.4 Å². The standard InChI is InChI=1S/C12H15NO4S/c14-11-3-1-9(2-4-11)12(15)13-10-5-7-18(16,17)8-6-10/h1-4,10,14H,5-8H2,(H,13,15). The monoisotopic (exact) mass is 269 g/mol. The van der Waals surface area contributed by atoms with Gasteiger partial charge in [-0.3, -0.25) is 4.79 Å². The van der Waals surface area contributed by atoms with Crippen molar-refractivity contribution in [2.45, 2.75) is 18.9 Å². The maximum absolute atomic E-state index is 11.8. The first kappa shape index (κ1) is 12.9. The fourth-order valence-electron chi connectivity index (χ4n) is 1.92. The summed E-state index contributed by atoms with van der Waals surface area (Å²) in [5.41, 5.74) is 0.459. The van der Waals surface area contributed by atoms with Crippen LogP contribution in [0.25, 0.3) is 0 Å². The van der Waals surface area contributed by atoms with Crippen LogP contribution in [0.4, 0.5) is 0 Å². The predicted molar refractivity (Wildman–Crippen MR) is 67.2 cm³/mol. The van der Waals surface area contributed by atoms with E-state index in [1.54, 1.807) is 0 Å². The summed E-state index contributed by atoms with van der Waals surface area (Å²) < 4.78 is 22.5. The number of amides is 1. The van der Waals surface area contributed by atoms with E-state index in [4.69, 9.17) is 5.11 Å². The van der Waals surface area contributed by atoms with Crippen molar-refractivity contribution < 1.29 is 18.3 Å². The van der Waals surface area contributed by atoms with Gasteiger partial charge in [0.25, 0.3) is 5.91 Å². The van der Waals surface area contributed by atoms with E-state index in [0.29, 0.717) is 18.4 Å². The molecule has 0 unspecified atom stereocenters. The average Bonchev–Trinajstić information content (AvgIpc) is 2.33. The molecule has 98 valence electrons. The molecule has 2 N–H and O–H groups in total. The molecule has 0 bridgehead atoms. The van der Waals surface area contributed by atoms with Gasteiger partial charge in [0.1, 0.15) is 15.6 Å². The summed E-state index contributed by atoms with van der Waals surface area (Å²) in [6.07, 6.45) is 0.929. The number of sulfone groups is 1. The van der Waals surface area contributed by atoms with Gasteiger partial charge in [0.2, 0.25) is 0 Å². The molecular weight excluding hydrogens is 254 g/mol. The van der Waals surface area contributed by atoms with Crippen LogP contribution in [0.1, 0.15) is 23.2 Å². The highest BCUT2D eigenvalue weighted by molar-refractivity contribution is 7.91. The maximum atomic E-state index is 11.8. The Morgan fingerprint density at radius 2 is 1.72 bits per heavy atom. The molecule has 1 aliphatic rings. The summed E-state index contributed by atoms with van der Waals surface area (Å²) in [7, 11) is -2.91. The zero-order valence-corrected chi connectivity index (χ0v) is 10.6. The molecule has 0 aromatic heterocycles. The molecule has 1 heterocycles. The van der Waals surface area contributed by atoms with E-state index in [1.165, 1.54) is 24.3 Å². The summed E-state index contributed by atoms with van der Waals surface area (Å²) in [5.74, 6) is 0.135. The van der Waals surface area contributed by atoms with E-state index in [1.807, 2.05) is 0 Å². The zero-order chi connectivity index (χ0) is 13.2. The van der Waals surface area contributed by atoms with Crippen molar-refractivity contribution in [3.05, 3.63) is 29.8 Å². The number of carbonyl (C=O) groups excluding carboxylic acids is 1. The lowest BCUT2D eigenvalue weighted by Gasteiger charge is -2.23. The highest BCUT2D eigenvalue weighted by atomic mass is 32.2. The molecule has 1 saturated heterocycles. The first-order chi connectivity index (χ1) is 8.46. The van der Waals surface area contributed by atoms with Crippen molar-refractivity contribution in [1.82, 2.24) is 5.32 Å². The third-order valence-corrected chi connectivity index (χ3v) is 4.73. The topological polar surface area (TPSA) is 83.5 Å². The number of hydrogen-bond acceptors (Lipinski definition) is 4. The number of nitrogens with one attached hydrogen (secondary N) is 1. The van der Waals surface area contributed by atoms with Crippen molar-refractivity contribution in [3.63, 3.8) is 0 Å². The minimum absolute atomic E-state index is 0.0881. The highest BCUT2D eigenvalue weighted by Gasteiger charge is 2.24. The Bertz CT molecular complexity index is 522. The highest BCUT2D eigenvalue weighted by Crippen LogP contribution is 2.14. The Morgan fingerprint density at radius 3 is 2.28 bits per heavy atom. The largest absolute Gasteiger partial charge is 0.508 e. The Morgan fingerprint density at radius 1 is 1.17 bits per heavy atom. The van der Waals surface area contributed by atoms with Crippen molar-refractivity contribution in [2.24, 2.45) is 0 Å². The smallest absolute Gasteiger partial charge is 0.251 e. The number of phenolic OH excluding ortho intramolecular Hbond substituents is 1. The molecule has 5 nitrogen and oxygen atoms in total. The van der Waals surface area contributed by atoms with Crippen molar-refractivity contribution >= 4 is 15.7 Å². The molecule has 1 aromatic rings. The number of rotatable bonds is 2. The van der Waals surface area contributed by atoms with Crippen LogP contribution < -0.4 is 5.32 Å². The van der Waals surface area contributed by atoms with E-state index in [2.05, 4.69) is 5.32 Å². The van der Waals surface area contributed by atoms with Gasteiger partial charge in [-0.1, -0.05) is 0 Å². The first-order valence-corrected chi connectivity index (χ1v) is 7.59. The van der Waals surface area contributed by atoms with Gasteiger partial charge in [-0.15, -0.1) is 0 Å². The summed E-state index contributed by atoms with van der Waals surface area (Å²) in [6.45, 7) is 0. The quantitative estimate of drug-likeness (QED) is 0.827. The molecule has 18 heavy (non-hydrogen) atoms. The SMILES string of the molecule is O=C(NC1CCS(=O)(=O)CC1)c1ccc(O)cc1. The predicted octanol–water partition coefficient (Wildman–Crippen LogP) is 0.699. The molecule has 0 radical (unpaired) electrons. The van der Waals surface area contributed by atoms with Gasteiger partial charge in [0.15, 0.2) is 0 Å². The summed E-state index contributed by atoms with van der Waals surface area (Å²) >= 11 is 0. The minimum atomic E-state index is -2.91. The second-order valence-corrected chi connectivity index (χ2v) is 6.75. The molecule has 0 spiro atoms. The molecule has 1 aromatic carbocycles. The zero-order valence-electron chi connectivity index (χ0n) is 9.80. The van der Waals surface area contributed by atoms with Crippen LogP contribution in [0.3, 0.4) is 0 Å².